The quantitative estimate of drug-likeness (QED) is 0.380. The Kier molecular flexibility index (Phi) is 7.48. The molecule has 4 heteroatoms. The second-order valence-corrected chi connectivity index (χ2v) is 5.47. The van der Waals surface area contributed by atoms with Gasteiger partial charge in [0.2, 0.25) is 0 Å². The minimum atomic E-state index is -0.595. The van der Waals surface area contributed by atoms with Gasteiger partial charge >= 0.3 is 5.97 Å². The molecule has 0 N–H and O–H groups in total. The van der Waals surface area contributed by atoms with Gasteiger partial charge in [0.05, 0.1) is 6.42 Å². The zero-order valence-corrected chi connectivity index (χ0v) is 11.9. The number of hydrogen-bond acceptors (Lipinski definition) is 4. The number of carbonyl (C=O) groups is 3. The van der Waals surface area contributed by atoms with Crippen LogP contribution in [0.5, 0.6) is 0 Å². The molecule has 0 rings (SSSR count). The first-order valence-corrected chi connectivity index (χ1v) is 6.50. The SMILES string of the molecule is CCCCCC(=O)CC(=O)CC(=O)OC(C)(C)C. The third-order valence-corrected chi connectivity index (χ3v) is 2.22. The predicted molar refractivity (Wildman–Crippen MR) is 69.2 cm³/mol. The van der Waals surface area contributed by atoms with Crippen molar-refractivity contribution in [2.75, 3.05) is 0 Å². The lowest BCUT2D eigenvalue weighted by atomic mass is 10.1. The molecule has 0 radical (unpaired) electrons. The topological polar surface area (TPSA) is 60.4 Å². The van der Waals surface area contributed by atoms with Gasteiger partial charge in [-0.1, -0.05) is 19.8 Å². The van der Waals surface area contributed by atoms with Crippen LogP contribution >= 0.6 is 0 Å². The van der Waals surface area contributed by atoms with E-state index in [1.165, 1.54) is 0 Å². The Bertz CT molecular complexity index is 299. The Morgan fingerprint density at radius 3 is 2.06 bits per heavy atom. The van der Waals surface area contributed by atoms with Crippen LogP contribution in [-0.4, -0.2) is 23.1 Å². The lowest BCUT2D eigenvalue weighted by molar-refractivity contribution is -0.156. The fraction of sp³-hybridized carbons (Fsp3) is 0.786. The summed E-state index contributed by atoms with van der Waals surface area (Å²) in [6.45, 7) is 7.28. The van der Waals surface area contributed by atoms with E-state index < -0.39 is 11.6 Å². The van der Waals surface area contributed by atoms with Crippen molar-refractivity contribution in [3.8, 4) is 0 Å². The average molecular weight is 256 g/mol. The van der Waals surface area contributed by atoms with E-state index >= 15 is 0 Å². The van der Waals surface area contributed by atoms with Gasteiger partial charge < -0.3 is 4.74 Å². The van der Waals surface area contributed by atoms with E-state index in [1.807, 2.05) is 0 Å². The van der Waals surface area contributed by atoms with Gasteiger partial charge in [0.15, 0.2) is 5.78 Å². The van der Waals surface area contributed by atoms with Gasteiger partial charge in [-0.2, -0.15) is 0 Å². The summed E-state index contributed by atoms with van der Waals surface area (Å²) in [7, 11) is 0. The van der Waals surface area contributed by atoms with E-state index in [4.69, 9.17) is 4.74 Å². The highest BCUT2D eigenvalue weighted by Crippen LogP contribution is 2.09. The molecule has 0 saturated heterocycles. The highest BCUT2D eigenvalue weighted by atomic mass is 16.6. The van der Waals surface area contributed by atoms with Crippen molar-refractivity contribution >= 4 is 17.5 Å². The molecule has 0 atom stereocenters. The van der Waals surface area contributed by atoms with E-state index in [0.29, 0.717) is 6.42 Å². The van der Waals surface area contributed by atoms with E-state index in [9.17, 15) is 14.4 Å². The van der Waals surface area contributed by atoms with Crippen LogP contribution in [0.1, 0.15) is 66.2 Å². The maximum absolute atomic E-state index is 11.5. The van der Waals surface area contributed by atoms with Gasteiger partial charge in [0, 0.05) is 6.42 Å². The molecule has 0 bridgehead atoms. The van der Waals surface area contributed by atoms with Crippen LogP contribution in [0.3, 0.4) is 0 Å². The van der Waals surface area contributed by atoms with Gasteiger partial charge in [0.1, 0.15) is 17.8 Å². The summed E-state index contributed by atoms with van der Waals surface area (Å²) in [5, 5.41) is 0. The Morgan fingerprint density at radius 1 is 0.944 bits per heavy atom. The number of hydrogen-bond donors (Lipinski definition) is 0. The number of esters is 1. The van der Waals surface area contributed by atoms with Crippen molar-refractivity contribution < 1.29 is 19.1 Å². The van der Waals surface area contributed by atoms with E-state index in [0.717, 1.165) is 19.3 Å². The molecular weight excluding hydrogens is 232 g/mol. The Hall–Kier alpha value is -1.19. The Morgan fingerprint density at radius 2 is 1.56 bits per heavy atom. The van der Waals surface area contributed by atoms with Crippen molar-refractivity contribution in [1.29, 1.82) is 0 Å². The van der Waals surface area contributed by atoms with Crippen LogP contribution in [0.25, 0.3) is 0 Å². The molecular formula is C14H24O4. The van der Waals surface area contributed by atoms with Crippen molar-refractivity contribution in [3.63, 3.8) is 0 Å². The maximum Gasteiger partial charge on any atom is 0.313 e. The molecule has 0 aliphatic rings. The number of ether oxygens (including phenoxy) is 1. The van der Waals surface area contributed by atoms with Crippen molar-refractivity contribution in [2.24, 2.45) is 0 Å². The van der Waals surface area contributed by atoms with Crippen LogP contribution in [0.4, 0.5) is 0 Å². The number of ketones is 2. The first-order valence-electron chi connectivity index (χ1n) is 6.50. The summed E-state index contributed by atoms with van der Waals surface area (Å²) in [5.74, 6) is -1.00. The summed E-state index contributed by atoms with van der Waals surface area (Å²) < 4.78 is 5.02. The van der Waals surface area contributed by atoms with E-state index in [1.54, 1.807) is 20.8 Å². The second kappa shape index (κ2) is 8.01. The number of unbranched alkanes of at least 4 members (excludes halogenated alkanes) is 2. The first-order chi connectivity index (χ1) is 8.24. The number of rotatable bonds is 8. The van der Waals surface area contributed by atoms with E-state index in [-0.39, 0.29) is 24.4 Å². The second-order valence-electron chi connectivity index (χ2n) is 5.47. The third kappa shape index (κ3) is 10.00. The minimum Gasteiger partial charge on any atom is -0.460 e. The lowest BCUT2D eigenvalue weighted by Crippen LogP contribution is -2.25. The summed E-state index contributed by atoms with van der Waals surface area (Å²) in [6, 6.07) is 0. The van der Waals surface area contributed by atoms with Crippen molar-refractivity contribution in [1.82, 2.24) is 0 Å². The normalized spacial score (nSPS) is 11.1. The highest BCUT2D eigenvalue weighted by molar-refractivity contribution is 6.05. The van der Waals surface area contributed by atoms with Crippen LogP contribution in [0, 0.1) is 0 Å². The molecule has 0 unspecified atom stereocenters. The van der Waals surface area contributed by atoms with Crippen molar-refractivity contribution in [2.45, 2.75) is 71.8 Å². The molecule has 0 spiro atoms. The third-order valence-electron chi connectivity index (χ3n) is 2.22. The van der Waals surface area contributed by atoms with Crippen molar-refractivity contribution in [3.05, 3.63) is 0 Å². The monoisotopic (exact) mass is 256 g/mol. The van der Waals surface area contributed by atoms with Gasteiger partial charge in [0.25, 0.3) is 0 Å². The Labute approximate surface area is 109 Å². The van der Waals surface area contributed by atoms with Crippen LogP contribution in [-0.2, 0) is 19.1 Å². The van der Waals surface area contributed by atoms with E-state index in [2.05, 4.69) is 6.92 Å². The maximum atomic E-state index is 11.5. The molecule has 0 aliphatic heterocycles. The number of carbonyl (C=O) groups excluding carboxylic acids is 3. The summed E-state index contributed by atoms with van der Waals surface area (Å²) >= 11 is 0. The lowest BCUT2D eigenvalue weighted by Gasteiger charge is -2.19. The summed E-state index contributed by atoms with van der Waals surface area (Å²) in [4.78, 5) is 34.2. The fourth-order valence-corrected chi connectivity index (χ4v) is 1.48. The summed E-state index contributed by atoms with van der Waals surface area (Å²) in [5.41, 5.74) is -0.595. The molecule has 0 fully saturated rings. The molecule has 104 valence electrons. The van der Waals surface area contributed by atoms with Crippen LogP contribution < -0.4 is 0 Å². The smallest absolute Gasteiger partial charge is 0.313 e. The molecule has 0 heterocycles. The average Bonchev–Trinajstić information content (AvgIpc) is 2.13. The highest BCUT2D eigenvalue weighted by Gasteiger charge is 2.20. The number of Topliss-reactive ketones (excluding diaryl/α,β-unsaturated/α-hetero) is 2. The molecule has 0 amide bonds. The predicted octanol–water partition coefficient (Wildman–Crippen LogP) is 2.83. The molecule has 18 heavy (non-hydrogen) atoms. The van der Waals surface area contributed by atoms with Gasteiger partial charge in [-0.15, -0.1) is 0 Å². The molecule has 0 aromatic rings. The minimum absolute atomic E-state index is 0.0861. The standard InChI is InChI=1S/C14H24O4/c1-5-6-7-8-11(15)9-12(16)10-13(17)18-14(2,3)4/h5-10H2,1-4H3. The largest absolute Gasteiger partial charge is 0.460 e. The zero-order chi connectivity index (χ0) is 14.2. The molecule has 0 aromatic carbocycles. The molecule has 0 aromatic heterocycles. The van der Waals surface area contributed by atoms with Crippen LogP contribution in [0.2, 0.25) is 0 Å². The molecule has 0 saturated carbocycles. The molecule has 4 nitrogen and oxygen atoms in total. The van der Waals surface area contributed by atoms with Gasteiger partial charge in [-0.25, -0.2) is 0 Å². The fourth-order valence-electron chi connectivity index (χ4n) is 1.48. The Balaban J connectivity index is 3.89. The van der Waals surface area contributed by atoms with Crippen LogP contribution in [0.15, 0.2) is 0 Å². The summed E-state index contributed by atoms with van der Waals surface area (Å²) in [6.07, 6.45) is 2.81. The van der Waals surface area contributed by atoms with Gasteiger partial charge in [-0.3, -0.25) is 14.4 Å². The molecule has 0 aliphatic carbocycles. The first kappa shape index (κ1) is 16.8. The van der Waals surface area contributed by atoms with Gasteiger partial charge in [-0.05, 0) is 27.2 Å². The zero-order valence-electron chi connectivity index (χ0n) is 11.9.